The van der Waals surface area contributed by atoms with Crippen LogP contribution in [0.25, 0.3) is 0 Å². The van der Waals surface area contributed by atoms with Crippen molar-refractivity contribution in [1.29, 1.82) is 0 Å². The van der Waals surface area contributed by atoms with Crippen LogP contribution in [0.2, 0.25) is 0 Å². The Balaban J connectivity index is 2.15. The van der Waals surface area contributed by atoms with Gasteiger partial charge in [-0.3, -0.25) is 4.79 Å². The van der Waals surface area contributed by atoms with Gasteiger partial charge in [0.25, 0.3) is 0 Å². The normalized spacial score (nSPS) is 20.1. The summed E-state index contributed by atoms with van der Waals surface area (Å²) in [5.74, 6) is -0.334. The molecular formula is C17H24N2O3. The number of amides is 1. The van der Waals surface area contributed by atoms with Crippen molar-refractivity contribution in [3.63, 3.8) is 0 Å². The van der Waals surface area contributed by atoms with Crippen LogP contribution in [0.3, 0.4) is 0 Å². The molecule has 1 aliphatic heterocycles. The summed E-state index contributed by atoms with van der Waals surface area (Å²) in [6, 6.07) is 9.32. The van der Waals surface area contributed by atoms with E-state index in [1.165, 1.54) is 0 Å². The van der Waals surface area contributed by atoms with Crippen molar-refractivity contribution in [1.82, 2.24) is 9.96 Å². The lowest BCUT2D eigenvalue weighted by Crippen LogP contribution is -2.57. The Morgan fingerprint density at radius 2 is 1.86 bits per heavy atom. The zero-order valence-corrected chi connectivity index (χ0v) is 13.7. The monoisotopic (exact) mass is 304 g/mol. The molecule has 5 nitrogen and oxygen atoms in total. The number of carbonyl (C=O) groups excluding carboxylic acids is 2. The van der Waals surface area contributed by atoms with Crippen molar-refractivity contribution < 1.29 is 14.4 Å². The molecule has 1 amide bonds. The summed E-state index contributed by atoms with van der Waals surface area (Å²) in [7, 11) is 1.78. The van der Waals surface area contributed by atoms with Crippen LogP contribution >= 0.6 is 0 Å². The molecule has 2 rings (SSSR count). The van der Waals surface area contributed by atoms with Crippen molar-refractivity contribution >= 4 is 11.9 Å². The van der Waals surface area contributed by atoms with Crippen molar-refractivity contribution in [3.05, 3.63) is 35.9 Å². The van der Waals surface area contributed by atoms with E-state index in [0.717, 1.165) is 5.56 Å². The lowest BCUT2D eigenvalue weighted by Gasteiger charge is -2.38. The lowest BCUT2D eigenvalue weighted by atomic mass is 9.97. The van der Waals surface area contributed by atoms with Gasteiger partial charge >= 0.3 is 5.97 Å². The maximum atomic E-state index is 12.5. The molecule has 22 heavy (non-hydrogen) atoms. The van der Waals surface area contributed by atoms with Crippen molar-refractivity contribution in [2.75, 3.05) is 20.1 Å². The predicted molar refractivity (Wildman–Crippen MR) is 83.8 cm³/mol. The van der Waals surface area contributed by atoms with Gasteiger partial charge in [-0.15, -0.1) is 5.06 Å². The molecule has 1 aliphatic rings. The first kappa shape index (κ1) is 16.5. The standard InChI is InChI=1S/C17H24N2O3/c1-17(2,3)16(21)22-19-11-10-18(4)15(20)14(19)12-13-8-6-5-7-9-13/h5-9,14H,10-12H2,1-4H3. The summed E-state index contributed by atoms with van der Waals surface area (Å²) >= 11 is 0. The number of hydrogen-bond acceptors (Lipinski definition) is 4. The largest absolute Gasteiger partial charge is 0.367 e. The number of carbonyl (C=O) groups is 2. The number of hydrogen-bond donors (Lipinski definition) is 0. The number of benzene rings is 1. The third kappa shape index (κ3) is 3.85. The van der Waals surface area contributed by atoms with Crippen LogP contribution in [0.4, 0.5) is 0 Å². The molecule has 5 heteroatoms. The molecule has 1 saturated heterocycles. The minimum absolute atomic E-state index is 0.0168. The highest BCUT2D eigenvalue weighted by atomic mass is 16.7. The Kier molecular flexibility index (Phi) is 4.86. The second-order valence-electron chi connectivity index (χ2n) is 6.73. The molecule has 0 aliphatic carbocycles. The van der Waals surface area contributed by atoms with E-state index >= 15 is 0 Å². The van der Waals surface area contributed by atoms with E-state index in [2.05, 4.69) is 0 Å². The summed E-state index contributed by atoms with van der Waals surface area (Å²) in [4.78, 5) is 31.8. The molecule has 1 fully saturated rings. The van der Waals surface area contributed by atoms with E-state index in [0.29, 0.717) is 19.5 Å². The maximum absolute atomic E-state index is 12.5. The quantitative estimate of drug-likeness (QED) is 0.855. The SMILES string of the molecule is CN1CCN(OC(=O)C(C)(C)C)C(Cc2ccccc2)C1=O. The summed E-state index contributed by atoms with van der Waals surface area (Å²) in [6.07, 6.45) is 0.529. The molecule has 1 aromatic carbocycles. The zero-order valence-electron chi connectivity index (χ0n) is 13.7. The first-order chi connectivity index (χ1) is 10.3. The molecule has 0 saturated carbocycles. The van der Waals surface area contributed by atoms with Gasteiger partial charge < -0.3 is 9.74 Å². The maximum Gasteiger partial charge on any atom is 0.330 e. The summed E-state index contributed by atoms with van der Waals surface area (Å²) in [6.45, 7) is 6.50. The highest BCUT2D eigenvalue weighted by Gasteiger charge is 2.37. The smallest absolute Gasteiger partial charge is 0.330 e. The molecule has 0 aromatic heterocycles. The number of hydroxylamine groups is 2. The molecule has 120 valence electrons. The van der Waals surface area contributed by atoms with Gasteiger partial charge in [0, 0.05) is 20.0 Å². The van der Waals surface area contributed by atoms with Crippen LogP contribution in [0, 0.1) is 5.41 Å². The Hall–Kier alpha value is -1.88. The van der Waals surface area contributed by atoms with Crippen LogP contribution < -0.4 is 0 Å². The van der Waals surface area contributed by atoms with Crippen molar-refractivity contribution in [2.45, 2.75) is 33.2 Å². The molecule has 0 spiro atoms. The van der Waals surface area contributed by atoms with Crippen LogP contribution in [-0.4, -0.2) is 48.0 Å². The van der Waals surface area contributed by atoms with E-state index in [9.17, 15) is 9.59 Å². The lowest BCUT2D eigenvalue weighted by molar-refractivity contribution is -0.220. The van der Waals surface area contributed by atoms with Gasteiger partial charge in [0.15, 0.2) is 0 Å². The second-order valence-corrected chi connectivity index (χ2v) is 6.73. The second kappa shape index (κ2) is 6.48. The van der Waals surface area contributed by atoms with Crippen LogP contribution in [0.1, 0.15) is 26.3 Å². The fraction of sp³-hybridized carbons (Fsp3) is 0.529. The topological polar surface area (TPSA) is 49.9 Å². The minimum Gasteiger partial charge on any atom is -0.367 e. The first-order valence-electron chi connectivity index (χ1n) is 7.57. The van der Waals surface area contributed by atoms with Crippen molar-refractivity contribution in [2.24, 2.45) is 5.41 Å². The van der Waals surface area contributed by atoms with E-state index in [1.54, 1.807) is 37.8 Å². The molecule has 0 N–H and O–H groups in total. The van der Waals surface area contributed by atoms with Crippen LogP contribution in [0.15, 0.2) is 30.3 Å². The Morgan fingerprint density at radius 3 is 2.45 bits per heavy atom. The van der Waals surface area contributed by atoms with Gasteiger partial charge in [0.1, 0.15) is 6.04 Å². The minimum atomic E-state index is -0.594. The van der Waals surface area contributed by atoms with E-state index < -0.39 is 11.5 Å². The van der Waals surface area contributed by atoms with Crippen LogP contribution in [-0.2, 0) is 20.8 Å². The predicted octanol–water partition coefficient (Wildman–Crippen LogP) is 1.88. The average molecular weight is 304 g/mol. The van der Waals surface area contributed by atoms with Gasteiger partial charge in [0.2, 0.25) is 5.91 Å². The highest BCUT2D eigenvalue weighted by Crippen LogP contribution is 2.21. The zero-order chi connectivity index (χ0) is 16.3. The van der Waals surface area contributed by atoms with E-state index in [-0.39, 0.29) is 11.9 Å². The van der Waals surface area contributed by atoms with E-state index in [4.69, 9.17) is 4.84 Å². The van der Waals surface area contributed by atoms with E-state index in [1.807, 2.05) is 30.3 Å². The molecule has 1 aromatic rings. The first-order valence-corrected chi connectivity index (χ1v) is 7.57. The number of rotatable bonds is 3. The number of nitrogens with zero attached hydrogens (tertiary/aromatic N) is 2. The molecular weight excluding hydrogens is 280 g/mol. The number of likely N-dealkylation sites (N-methyl/N-ethyl adjacent to an activating group) is 1. The average Bonchev–Trinajstić information content (AvgIpc) is 2.46. The Labute approximate surface area is 131 Å². The fourth-order valence-electron chi connectivity index (χ4n) is 2.27. The van der Waals surface area contributed by atoms with Gasteiger partial charge in [-0.25, -0.2) is 4.79 Å². The summed E-state index contributed by atoms with van der Waals surface area (Å²) in [5.41, 5.74) is 0.455. The van der Waals surface area contributed by atoms with Gasteiger partial charge in [-0.05, 0) is 26.3 Å². The van der Waals surface area contributed by atoms with Gasteiger partial charge in [-0.1, -0.05) is 30.3 Å². The number of piperazine rings is 1. The summed E-state index contributed by atoms with van der Waals surface area (Å²) < 4.78 is 0. The molecule has 0 radical (unpaired) electrons. The van der Waals surface area contributed by atoms with Gasteiger partial charge in [-0.2, -0.15) is 0 Å². The van der Waals surface area contributed by atoms with Crippen LogP contribution in [0.5, 0.6) is 0 Å². The highest BCUT2D eigenvalue weighted by molar-refractivity contribution is 5.83. The van der Waals surface area contributed by atoms with Crippen molar-refractivity contribution in [3.8, 4) is 0 Å². The third-order valence-electron chi connectivity index (χ3n) is 3.75. The van der Waals surface area contributed by atoms with Gasteiger partial charge in [0.05, 0.1) is 12.0 Å². The Morgan fingerprint density at radius 1 is 1.23 bits per heavy atom. The molecule has 1 heterocycles. The third-order valence-corrected chi connectivity index (χ3v) is 3.75. The molecule has 1 atom stereocenters. The Bertz CT molecular complexity index is 537. The summed E-state index contributed by atoms with van der Waals surface area (Å²) in [5, 5.41) is 1.54. The molecule has 1 unspecified atom stereocenters. The molecule has 0 bridgehead atoms. The fourth-order valence-corrected chi connectivity index (χ4v) is 2.27.